The number of carbonyl (C=O) groups is 1. The van der Waals surface area contributed by atoms with Gasteiger partial charge in [-0.3, -0.25) is 4.79 Å². The zero-order chi connectivity index (χ0) is 14.6. The van der Waals surface area contributed by atoms with Gasteiger partial charge in [-0.2, -0.15) is 0 Å². The Hall–Kier alpha value is -0.650. The van der Waals surface area contributed by atoms with E-state index >= 15 is 0 Å². The highest BCUT2D eigenvalue weighted by molar-refractivity contribution is 9.10. The van der Waals surface area contributed by atoms with Crippen LogP contribution in [0.5, 0.6) is 0 Å². The highest BCUT2D eigenvalue weighted by Gasteiger charge is 2.27. The number of benzene rings is 1. The molecule has 1 amide bonds. The first-order valence-corrected chi connectivity index (χ1v) is 7.04. The maximum atomic E-state index is 13.2. The fourth-order valence-electron chi connectivity index (χ4n) is 2.10. The van der Waals surface area contributed by atoms with Crippen molar-refractivity contribution in [2.24, 2.45) is 11.7 Å². The van der Waals surface area contributed by atoms with Gasteiger partial charge in [0.1, 0.15) is 5.82 Å². The van der Waals surface area contributed by atoms with Crippen LogP contribution in [0, 0.1) is 11.7 Å². The highest BCUT2D eigenvalue weighted by atomic mass is 79.9. The van der Waals surface area contributed by atoms with Crippen LogP contribution in [-0.2, 0) is 0 Å². The fourth-order valence-corrected chi connectivity index (χ4v) is 2.53. The van der Waals surface area contributed by atoms with Crippen LogP contribution in [0.3, 0.4) is 0 Å². The number of hydrogen-bond acceptors (Lipinski definition) is 2. The number of nitrogens with one attached hydrogen (secondary N) is 1. The number of carbonyl (C=O) groups excluding carboxylic acids is 1. The smallest absolute Gasteiger partial charge is 0.252 e. The van der Waals surface area contributed by atoms with Crippen LogP contribution >= 0.6 is 28.3 Å². The molecule has 0 aliphatic carbocycles. The van der Waals surface area contributed by atoms with Crippen molar-refractivity contribution in [3.63, 3.8) is 0 Å². The largest absolute Gasteiger partial charge is 0.346 e. The van der Waals surface area contributed by atoms with E-state index in [1.807, 2.05) is 6.92 Å². The van der Waals surface area contributed by atoms with Crippen molar-refractivity contribution in [2.45, 2.75) is 32.7 Å². The van der Waals surface area contributed by atoms with Crippen molar-refractivity contribution < 1.29 is 9.18 Å². The lowest BCUT2D eigenvalue weighted by Gasteiger charge is -2.31. The summed E-state index contributed by atoms with van der Waals surface area (Å²) >= 11 is 3.25. The molecule has 3 N–H and O–H groups in total. The molecular weight excluding hydrogens is 347 g/mol. The summed E-state index contributed by atoms with van der Waals surface area (Å²) in [4.78, 5) is 12.2. The van der Waals surface area contributed by atoms with Gasteiger partial charge in [-0.15, -0.1) is 12.4 Å². The molecule has 0 aromatic heterocycles. The number of rotatable bonds is 5. The summed E-state index contributed by atoms with van der Waals surface area (Å²) in [7, 11) is 0. The minimum Gasteiger partial charge on any atom is -0.346 e. The van der Waals surface area contributed by atoms with Crippen molar-refractivity contribution in [3.8, 4) is 0 Å². The molecule has 1 atom stereocenters. The van der Waals surface area contributed by atoms with Crippen LogP contribution in [0.2, 0.25) is 0 Å². The van der Waals surface area contributed by atoms with Gasteiger partial charge in [0.15, 0.2) is 0 Å². The van der Waals surface area contributed by atoms with Gasteiger partial charge >= 0.3 is 0 Å². The van der Waals surface area contributed by atoms with E-state index in [2.05, 4.69) is 35.1 Å². The normalized spacial score (nSPS) is 13.6. The molecule has 3 nitrogen and oxygen atoms in total. The van der Waals surface area contributed by atoms with Crippen LogP contribution in [0.25, 0.3) is 0 Å². The molecule has 114 valence electrons. The third-order valence-corrected chi connectivity index (χ3v) is 3.59. The molecule has 0 radical (unpaired) electrons. The summed E-state index contributed by atoms with van der Waals surface area (Å²) in [5, 5.41) is 2.90. The quantitative estimate of drug-likeness (QED) is 0.837. The van der Waals surface area contributed by atoms with Gasteiger partial charge in [-0.25, -0.2) is 4.39 Å². The van der Waals surface area contributed by atoms with Crippen molar-refractivity contribution in [1.29, 1.82) is 0 Å². The van der Waals surface area contributed by atoms with E-state index in [4.69, 9.17) is 5.73 Å². The van der Waals surface area contributed by atoms with Crippen LogP contribution in [-0.4, -0.2) is 18.0 Å². The van der Waals surface area contributed by atoms with E-state index in [9.17, 15) is 9.18 Å². The maximum Gasteiger partial charge on any atom is 0.252 e. The lowest BCUT2D eigenvalue weighted by atomic mass is 9.90. The Morgan fingerprint density at radius 2 is 2.10 bits per heavy atom. The molecule has 0 saturated carbocycles. The van der Waals surface area contributed by atoms with Crippen LogP contribution in [0.15, 0.2) is 22.7 Å². The van der Waals surface area contributed by atoms with Gasteiger partial charge in [0.2, 0.25) is 0 Å². The predicted molar refractivity (Wildman–Crippen MR) is 85.7 cm³/mol. The van der Waals surface area contributed by atoms with E-state index in [0.717, 1.165) is 6.42 Å². The van der Waals surface area contributed by atoms with E-state index in [-0.39, 0.29) is 23.9 Å². The number of nitrogens with two attached hydrogens (primary N) is 1. The third-order valence-electron chi connectivity index (χ3n) is 2.90. The van der Waals surface area contributed by atoms with E-state index in [1.165, 1.54) is 18.2 Å². The maximum absolute atomic E-state index is 13.2. The average molecular weight is 368 g/mol. The van der Waals surface area contributed by atoms with Gasteiger partial charge in [0.05, 0.1) is 5.56 Å². The second kappa shape index (κ2) is 7.96. The summed E-state index contributed by atoms with van der Waals surface area (Å²) in [5.74, 6) is -0.351. The van der Waals surface area contributed by atoms with Crippen LogP contribution in [0.4, 0.5) is 4.39 Å². The lowest BCUT2D eigenvalue weighted by Crippen LogP contribution is -2.52. The molecule has 0 aliphatic heterocycles. The molecule has 1 aromatic carbocycles. The van der Waals surface area contributed by atoms with Gasteiger partial charge in [-0.05, 0) is 53.4 Å². The SMILES string of the molecule is CC(C)CC(C)(CN)NC(=O)c1cc(F)ccc1Br.Cl. The molecule has 1 rings (SSSR count). The van der Waals surface area contributed by atoms with Gasteiger partial charge in [0, 0.05) is 16.6 Å². The minimum atomic E-state index is -0.489. The van der Waals surface area contributed by atoms with Crippen LogP contribution in [0.1, 0.15) is 37.6 Å². The molecule has 0 spiro atoms. The highest BCUT2D eigenvalue weighted by Crippen LogP contribution is 2.20. The molecule has 0 saturated heterocycles. The Bertz CT molecular complexity index is 470. The van der Waals surface area contributed by atoms with Gasteiger partial charge < -0.3 is 11.1 Å². The van der Waals surface area contributed by atoms with Crippen molar-refractivity contribution >= 4 is 34.2 Å². The Kier molecular flexibility index (Phi) is 7.70. The average Bonchev–Trinajstić information content (AvgIpc) is 2.31. The van der Waals surface area contributed by atoms with Crippen molar-refractivity contribution in [1.82, 2.24) is 5.32 Å². The molecule has 0 heterocycles. The second-order valence-corrected chi connectivity index (χ2v) is 6.30. The van der Waals surface area contributed by atoms with E-state index < -0.39 is 11.4 Å². The molecule has 6 heteroatoms. The summed E-state index contributed by atoms with van der Waals surface area (Å²) in [6, 6.07) is 4.04. The molecule has 0 aliphatic rings. The summed E-state index contributed by atoms with van der Waals surface area (Å²) < 4.78 is 13.8. The fraction of sp³-hybridized carbons (Fsp3) is 0.500. The van der Waals surface area contributed by atoms with Crippen LogP contribution < -0.4 is 11.1 Å². The molecule has 0 bridgehead atoms. The standard InChI is InChI=1S/C14H20BrFN2O.ClH/c1-9(2)7-14(3,8-17)18-13(19)11-6-10(16)4-5-12(11)15;/h4-6,9H,7-8,17H2,1-3H3,(H,18,19);1H. The Balaban J connectivity index is 0.00000361. The summed E-state index contributed by atoms with van der Waals surface area (Å²) in [6.07, 6.45) is 0.766. The third kappa shape index (κ3) is 5.38. The lowest BCUT2D eigenvalue weighted by molar-refractivity contribution is 0.0897. The monoisotopic (exact) mass is 366 g/mol. The van der Waals surface area contributed by atoms with E-state index in [1.54, 1.807) is 0 Å². The predicted octanol–water partition coefficient (Wildman–Crippen LogP) is 3.50. The topological polar surface area (TPSA) is 55.1 Å². The Morgan fingerprint density at radius 1 is 1.50 bits per heavy atom. The molecule has 1 unspecified atom stereocenters. The van der Waals surface area contributed by atoms with Crippen molar-refractivity contribution in [2.75, 3.05) is 6.54 Å². The first kappa shape index (κ1) is 19.4. The first-order chi connectivity index (χ1) is 8.77. The number of hydrogen-bond donors (Lipinski definition) is 2. The Labute approximate surface area is 134 Å². The first-order valence-electron chi connectivity index (χ1n) is 6.25. The van der Waals surface area contributed by atoms with Gasteiger partial charge in [0.25, 0.3) is 5.91 Å². The molecular formula is C14H21BrClFN2O. The van der Waals surface area contributed by atoms with E-state index in [0.29, 0.717) is 16.9 Å². The van der Waals surface area contributed by atoms with Gasteiger partial charge in [-0.1, -0.05) is 13.8 Å². The minimum absolute atomic E-state index is 0. The van der Waals surface area contributed by atoms with Crippen molar-refractivity contribution in [3.05, 3.63) is 34.1 Å². The zero-order valence-electron chi connectivity index (χ0n) is 11.9. The zero-order valence-corrected chi connectivity index (χ0v) is 14.3. The molecule has 20 heavy (non-hydrogen) atoms. The molecule has 1 aromatic rings. The molecule has 0 fully saturated rings. The summed E-state index contributed by atoms with van der Waals surface area (Å²) in [5.41, 5.74) is 5.54. The number of halogens is 3. The number of amides is 1. The second-order valence-electron chi connectivity index (χ2n) is 5.44. The summed E-state index contributed by atoms with van der Waals surface area (Å²) in [6.45, 7) is 6.37. The Morgan fingerprint density at radius 3 is 2.60 bits per heavy atom.